The maximum atomic E-state index is 12.0. The SMILES string of the molecule is Cc1nc(C)c(C(=O)NCC(N)c2ccccc2)s1. The fourth-order valence-corrected chi connectivity index (χ4v) is 2.68. The first-order valence-corrected chi connectivity index (χ1v) is 6.92. The van der Waals surface area contributed by atoms with Gasteiger partial charge in [0.05, 0.1) is 10.7 Å². The Balaban J connectivity index is 1.96. The van der Waals surface area contributed by atoms with Crippen molar-refractivity contribution in [1.29, 1.82) is 0 Å². The third-order valence-corrected chi connectivity index (χ3v) is 3.89. The van der Waals surface area contributed by atoms with Crippen LogP contribution in [0.4, 0.5) is 0 Å². The van der Waals surface area contributed by atoms with Gasteiger partial charge in [0.15, 0.2) is 0 Å². The van der Waals surface area contributed by atoms with Gasteiger partial charge in [-0.1, -0.05) is 30.3 Å². The van der Waals surface area contributed by atoms with Gasteiger partial charge in [-0.15, -0.1) is 11.3 Å². The highest BCUT2D eigenvalue weighted by atomic mass is 32.1. The average molecular weight is 275 g/mol. The lowest BCUT2D eigenvalue weighted by Gasteiger charge is -2.12. The largest absolute Gasteiger partial charge is 0.349 e. The molecule has 1 atom stereocenters. The molecule has 0 saturated heterocycles. The van der Waals surface area contributed by atoms with Crippen LogP contribution in [0.15, 0.2) is 30.3 Å². The number of nitrogens with one attached hydrogen (secondary N) is 1. The molecular formula is C14H17N3OS. The molecule has 4 nitrogen and oxygen atoms in total. The topological polar surface area (TPSA) is 68.0 Å². The standard InChI is InChI=1S/C14H17N3OS/c1-9-13(19-10(2)17-9)14(18)16-8-12(15)11-6-4-3-5-7-11/h3-7,12H,8,15H2,1-2H3,(H,16,18). The fraction of sp³-hybridized carbons (Fsp3) is 0.286. The molecule has 2 aromatic rings. The molecule has 1 aromatic carbocycles. The van der Waals surface area contributed by atoms with Crippen LogP contribution in [0.3, 0.4) is 0 Å². The monoisotopic (exact) mass is 275 g/mol. The molecule has 0 saturated carbocycles. The Morgan fingerprint density at radius 3 is 2.63 bits per heavy atom. The van der Waals surface area contributed by atoms with Crippen LogP contribution in [0.2, 0.25) is 0 Å². The summed E-state index contributed by atoms with van der Waals surface area (Å²) in [6.45, 7) is 4.15. The zero-order chi connectivity index (χ0) is 13.8. The Kier molecular flexibility index (Phi) is 4.29. The van der Waals surface area contributed by atoms with Crippen molar-refractivity contribution in [2.24, 2.45) is 5.73 Å². The number of thiazole rings is 1. The van der Waals surface area contributed by atoms with Crippen LogP contribution in [0.25, 0.3) is 0 Å². The van der Waals surface area contributed by atoms with E-state index in [0.717, 1.165) is 16.3 Å². The van der Waals surface area contributed by atoms with Gasteiger partial charge in [0, 0.05) is 12.6 Å². The number of benzene rings is 1. The summed E-state index contributed by atoms with van der Waals surface area (Å²) in [6.07, 6.45) is 0. The summed E-state index contributed by atoms with van der Waals surface area (Å²) in [6, 6.07) is 9.54. The lowest BCUT2D eigenvalue weighted by molar-refractivity contribution is 0.0954. The van der Waals surface area contributed by atoms with E-state index in [2.05, 4.69) is 10.3 Å². The van der Waals surface area contributed by atoms with Crippen molar-refractivity contribution >= 4 is 17.2 Å². The fourth-order valence-electron chi connectivity index (χ4n) is 1.84. The van der Waals surface area contributed by atoms with Crippen LogP contribution < -0.4 is 11.1 Å². The van der Waals surface area contributed by atoms with E-state index >= 15 is 0 Å². The second kappa shape index (κ2) is 5.95. The number of hydrogen-bond acceptors (Lipinski definition) is 4. The molecule has 3 N–H and O–H groups in total. The Hall–Kier alpha value is -1.72. The predicted molar refractivity (Wildman–Crippen MR) is 77.3 cm³/mol. The van der Waals surface area contributed by atoms with Crippen molar-refractivity contribution in [1.82, 2.24) is 10.3 Å². The van der Waals surface area contributed by atoms with Gasteiger partial charge >= 0.3 is 0 Å². The Morgan fingerprint density at radius 2 is 2.05 bits per heavy atom. The molecule has 1 unspecified atom stereocenters. The molecule has 0 fully saturated rings. The number of aryl methyl sites for hydroxylation is 2. The summed E-state index contributed by atoms with van der Waals surface area (Å²) in [5, 5.41) is 3.76. The summed E-state index contributed by atoms with van der Waals surface area (Å²) in [5.74, 6) is -0.102. The highest BCUT2D eigenvalue weighted by molar-refractivity contribution is 7.13. The minimum absolute atomic E-state index is 0.102. The van der Waals surface area contributed by atoms with Gasteiger partial charge in [-0.2, -0.15) is 0 Å². The van der Waals surface area contributed by atoms with E-state index in [-0.39, 0.29) is 11.9 Å². The van der Waals surface area contributed by atoms with Gasteiger partial charge < -0.3 is 11.1 Å². The second-order valence-electron chi connectivity index (χ2n) is 4.37. The highest BCUT2D eigenvalue weighted by Crippen LogP contribution is 2.17. The van der Waals surface area contributed by atoms with E-state index in [1.54, 1.807) is 0 Å². The van der Waals surface area contributed by atoms with Gasteiger partial charge in [0.25, 0.3) is 5.91 Å². The second-order valence-corrected chi connectivity index (χ2v) is 5.58. The van der Waals surface area contributed by atoms with E-state index in [4.69, 9.17) is 5.73 Å². The molecule has 0 aliphatic rings. The molecule has 1 aromatic heterocycles. The van der Waals surface area contributed by atoms with Crippen LogP contribution in [0.5, 0.6) is 0 Å². The molecule has 0 aliphatic carbocycles. The predicted octanol–water partition coefficient (Wildman–Crippen LogP) is 2.19. The minimum Gasteiger partial charge on any atom is -0.349 e. The maximum absolute atomic E-state index is 12.0. The zero-order valence-electron chi connectivity index (χ0n) is 11.0. The first-order valence-electron chi connectivity index (χ1n) is 6.10. The number of hydrogen-bond donors (Lipinski definition) is 2. The van der Waals surface area contributed by atoms with E-state index < -0.39 is 0 Å². The van der Waals surface area contributed by atoms with Gasteiger partial charge in [-0.05, 0) is 19.4 Å². The number of carbonyl (C=O) groups excluding carboxylic acids is 1. The molecule has 100 valence electrons. The van der Waals surface area contributed by atoms with Gasteiger partial charge in [-0.3, -0.25) is 4.79 Å². The van der Waals surface area contributed by atoms with Crippen LogP contribution in [0, 0.1) is 13.8 Å². The first kappa shape index (κ1) is 13.7. The van der Waals surface area contributed by atoms with E-state index in [1.807, 2.05) is 44.2 Å². The average Bonchev–Trinajstić information content (AvgIpc) is 2.75. The van der Waals surface area contributed by atoms with Gasteiger partial charge in [0.1, 0.15) is 4.88 Å². The molecule has 2 rings (SSSR count). The Morgan fingerprint density at radius 1 is 1.37 bits per heavy atom. The minimum atomic E-state index is -0.195. The van der Waals surface area contributed by atoms with E-state index in [0.29, 0.717) is 11.4 Å². The summed E-state index contributed by atoms with van der Waals surface area (Å²) < 4.78 is 0. The number of nitrogens with two attached hydrogens (primary N) is 1. The maximum Gasteiger partial charge on any atom is 0.263 e. The lowest BCUT2D eigenvalue weighted by Crippen LogP contribution is -2.31. The molecule has 0 aliphatic heterocycles. The molecule has 1 amide bonds. The van der Waals surface area contributed by atoms with Crippen LogP contribution in [0.1, 0.15) is 32.0 Å². The molecule has 1 heterocycles. The van der Waals surface area contributed by atoms with Crippen molar-refractivity contribution in [2.75, 3.05) is 6.54 Å². The molecule has 0 radical (unpaired) electrons. The van der Waals surface area contributed by atoms with Crippen molar-refractivity contribution in [3.05, 3.63) is 51.5 Å². The highest BCUT2D eigenvalue weighted by Gasteiger charge is 2.14. The van der Waals surface area contributed by atoms with E-state index in [1.165, 1.54) is 11.3 Å². The normalized spacial score (nSPS) is 12.2. The van der Waals surface area contributed by atoms with Crippen LogP contribution in [-0.4, -0.2) is 17.4 Å². The van der Waals surface area contributed by atoms with Crippen molar-refractivity contribution in [2.45, 2.75) is 19.9 Å². The first-order chi connectivity index (χ1) is 9.08. The number of nitrogens with zero attached hydrogens (tertiary/aromatic N) is 1. The third kappa shape index (κ3) is 3.39. The van der Waals surface area contributed by atoms with Crippen molar-refractivity contribution in [3.8, 4) is 0 Å². The van der Waals surface area contributed by atoms with Gasteiger partial charge in [0.2, 0.25) is 0 Å². The smallest absolute Gasteiger partial charge is 0.263 e. The van der Waals surface area contributed by atoms with Crippen LogP contribution >= 0.6 is 11.3 Å². The van der Waals surface area contributed by atoms with Crippen LogP contribution in [-0.2, 0) is 0 Å². The number of rotatable bonds is 4. The molecule has 19 heavy (non-hydrogen) atoms. The van der Waals surface area contributed by atoms with E-state index in [9.17, 15) is 4.79 Å². The molecule has 0 spiro atoms. The summed E-state index contributed by atoms with van der Waals surface area (Å²) in [4.78, 5) is 16.9. The summed E-state index contributed by atoms with van der Waals surface area (Å²) in [7, 11) is 0. The summed E-state index contributed by atoms with van der Waals surface area (Å²) in [5.41, 5.74) is 7.82. The quantitative estimate of drug-likeness (QED) is 0.898. The number of aromatic nitrogens is 1. The zero-order valence-corrected chi connectivity index (χ0v) is 11.8. The number of carbonyl (C=O) groups is 1. The summed E-state index contributed by atoms with van der Waals surface area (Å²) >= 11 is 1.41. The van der Waals surface area contributed by atoms with Crippen molar-refractivity contribution in [3.63, 3.8) is 0 Å². The molecule has 5 heteroatoms. The molecular weight excluding hydrogens is 258 g/mol. The number of amides is 1. The Labute approximate surface area is 116 Å². The van der Waals surface area contributed by atoms with Crippen molar-refractivity contribution < 1.29 is 4.79 Å². The van der Waals surface area contributed by atoms with Gasteiger partial charge in [-0.25, -0.2) is 4.98 Å². The Bertz CT molecular complexity index is 565. The third-order valence-electron chi connectivity index (χ3n) is 2.82. The lowest BCUT2D eigenvalue weighted by atomic mass is 10.1. The molecule has 0 bridgehead atoms.